The Kier molecular flexibility index (Phi) is 2.57. The molecule has 3 heteroatoms. The standard InChI is InChI=1S/C13H10N2O/c1-9(16)15-13-11(8-14)7-6-10-4-2-3-5-12(10)13/h2-7H,1H3,(H,15,16). The summed E-state index contributed by atoms with van der Waals surface area (Å²) in [5.41, 5.74) is 1.07. The summed E-state index contributed by atoms with van der Waals surface area (Å²) < 4.78 is 0. The largest absolute Gasteiger partial charge is 0.325 e. The Hall–Kier alpha value is -2.34. The monoisotopic (exact) mass is 210 g/mol. The molecule has 0 saturated carbocycles. The number of carbonyl (C=O) groups excluding carboxylic acids is 1. The Bertz CT molecular complexity index is 596. The Morgan fingerprint density at radius 2 is 2.00 bits per heavy atom. The predicted molar refractivity (Wildman–Crippen MR) is 63.0 cm³/mol. The predicted octanol–water partition coefficient (Wildman–Crippen LogP) is 2.67. The molecular weight excluding hydrogens is 200 g/mol. The van der Waals surface area contributed by atoms with Crippen LogP contribution in [0.15, 0.2) is 36.4 Å². The molecule has 0 aliphatic heterocycles. The van der Waals surface area contributed by atoms with Gasteiger partial charge >= 0.3 is 0 Å². The molecule has 0 atom stereocenters. The third kappa shape index (κ3) is 1.73. The fourth-order valence-electron chi connectivity index (χ4n) is 1.68. The normalized spacial score (nSPS) is 9.75. The maximum Gasteiger partial charge on any atom is 0.221 e. The van der Waals surface area contributed by atoms with E-state index in [-0.39, 0.29) is 5.91 Å². The van der Waals surface area contributed by atoms with E-state index in [1.54, 1.807) is 6.07 Å². The number of hydrogen-bond acceptors (Lipinski definition) is 2. The van der Waals surface area contributed by atoms with Gasteiger partial charge in [0.1, 0.15) is 6.07 Å². The number of nitriles is 1. The van der Waals surface area contributed by atoms with Gasteiger partial charge in [0.25, 0.3) is 0 Å². The number of hydrogen-bond donors (Lipinski definition) is 1. The van der Waals surface area contributed by atoms with Crippen molar-refractivity contribution in [3.63, 3.8) is 0 Å². The maximum absolute atomic E-state index is 11.1. The quantitative estimate of drug-likeness (QED) is 0.786. The Morgan fingerprint density at radius 1 is 1.25 bits per heavy atom. The molecule has 0 aliphatic carbocycles. The molecule has 0 spiro atoms. The van der Waals surface area contributed by atoms with Gasteiger partial charge < -0.3 is 5.32 Å². The van der Waals surface area contributed by atoms with Crippen molar-refractivity contribution in [2.45, 2.75) is 6.92 Å². The van der Waals surface area contributed by atoms with E-state index >= 15 is 0 Å². The lowest BCUT2D eigenvalue weighted by molar-refractivity contribution is -0.114. The highest BCUT2D eigenvalue weighted by atomic mass is 16.1. The molecule has 0 heterocycles. The fourth-order valence-corrected chi connectivity index (χ4v) is 1.68. The van der Waals surface area contributed by atoms with Gasteiger partial charge in [-0.2, -0.15) is 5.26 Å². The van der Waals surface area contributed by atoms with Gasteiger partial charge in [-0.05, 0) is 11.5 Å². The second-order valence-corrected chi connectivity index (χ2v) is 3.50. The first-order valence-electron chi connectivity index (χ1n) is 4.92. The van der Waals surface area contributed by atoms with Crippen LogP contribution in [0.2, 0.25) is 0 Å². The highest BCUT2D eigenvalue weighted by Gasteiger charge is 2.07. The highest BCUT2D eigenvalue weighted by molar-refractivity contribution is 6.03. The number of anilines is 1. The number of carbonyl (C=O) groups is 1. The molecule has 1 N–H and O–H groups in total. The molecular formula is C13H10N2O. The van der Waals surface area contributed by atoms with E-state index in [0.717, 1.165) is 10.8 Å². The molecule has 0 fully saturated rings. The van der Waals surface area contributed by atoms with Crippen molar-refractivity contribution in [2.24, 2.45) is 0 Å². The minimum Gasteiger partial charge on any atom is -0.325 e. The zero-order valence-corrected chi connectivity index (χ0v) is 8.82. The lowest BCUT2D eigenvalue weighted by atomic mass is 10.0. The van der Waals surface area contributed by atoms with Crippen LogP contribution in [0.3, 0.4) is 0 Å². The van der Waals surface area contributed by atoms with E-state index in [4.69, 9.17) is 5.26 Å². The molecule has 0 radical (unpaired) electrons. The van der Waals surface area contributed by atoms with Crippen LogP contribution < -0.4 is 5.32 Å². The molecule has 2 rings (SSSR count). The van der Waals surface area contributed by atoms with E-state index in [1.165, 1.54) is 6.92 Å². The van der Waals surface area contributed by atoms with Gasteiger partial charge in [0.15, 0.2) is 0 Å². The second kappa shape index (κ2) is 4.03. The van der Waals surface area contributed by atoms with Crippen molar-refractivity contribution < 1.29 is 4.79 Å². The Balaban J connectivity index is 2.74. The van der Waals surface area contributed by atoms with Gasteiger partial charge in [0.2, 0.25) is 5.91 Å². The van der Waals surface area contributed by atoms with Gasteiger partial charge in [0.05, 0.1) is 11.3 Å². The number of amides is 1. The minimum absolute atomic E-state index is 0.173. The minimum atomic E-state index is -0.173. The van der Waals surface area contributed by atoms with Crippen molar-refractivity contribution in [2.75, 3.05) is 5.32 Å². The van der Waals surface area contributed by atoms with Gasteiger partial charge in [0, 0.05) is 12.3 Å². The number of benzene rings is 2. The second-order valence-electron chi connectivity index (χ2n) is 3.50. The first-order valence-corrected chi connectivity index (χ1v) is 4.92. The van der Waals surface area contributed by atoms with E-state index in [2.05, 4.69) is 11.4 Å². The van der Waals surface area contributed by atoms with Crippen LogP contribution >= 0.6 is 0 Å². The average molecular weight is 210 g/mol. The molecule has 2 aromatic carbocycles. The van der Waals surface area contributed by atoms with Crippen LogP contribution in [0.4, 0.5) is 5.69 Å². The van der Waals surface area contributed by atoms with Gasteiger partial charge in [-0.25, -0.2) is 0 Å². The van der Waals surface area contributed by atoms with Crippen molar-refractivity contribution in [1.29, 1.82) is 5.26 Å². The smallest absolute Gasteiger partial charge is 0.221 e. The third-order valence-electron chi connectivity index (χ3n) is 2.35. The number of rotatable bonds is 1. The summed E-state index contributed by atoms with van der Waals surface area (Å²) in [6.07, 6.45) is 0. The molecule has 0 aliphatic rings. The first-order chi connectivity index (χ1) is 7.72. The summed E-state index contributed by atoms with van der Waals surface area (Å²) in [6.45, 7) is 1.43. The van der Waals surface area contributed by atoms with Crippen molar-refractivity contribution in [3.8, 4) is 6.07 Å². The molecule has 2 aromatic rings. The summed E-state index contributed by atoms with van der Waals surface area (Å²) in [4.78, 5) is 11.1. The summed E-state index contributed by atoms with van der Waals surface area (Å²) in [7, 11) is 0. The summed E-state index contributed by atoms with van der Waals surface area (Å²) in [5, 5.41) is 13.6. The van der Waals surface area contributed by atoms with Crippen LogP contribution in [0.25, 0.3) is 10.8 Å². The van der Waals surface area contributed by atoms with Crippen molar-refractivity contribution in [1.82, 2.24) is 0 Å². The molecule has 0 aromatic heterocycles. The number of nitrogens with one attached hydrogen (secondary N) is 1. The lowest BCUT2D eigenvalue weighted by Gasteiger charge is -2.08. The molecule has 1 amide bonds. The summed E-state index contributed by atoms with van der Waals surface area (Å²) >= 11 is 0. The topological polar surface area (TPSA) is 52.9 Å². The first kappa shape index (κ1) is 10.2. The molecule has 78 valence electrons. The fraction of sp³-hybridized carbons (Fsp3) is 0.0769. The SMILES string of the molecule is CC(=O)Nc1c(C#N)ccc2ccccc12. The molecule has 16 heavy (non-hydrogen) atoms. The third-order valence-corrected chi connectivity index (χ3v) is 2.35. The highest BCUT2D eigenvalue weighted by Crippen LogP contribution is 2.26. The molecule has 0 bridgehead atoms. The summed E-state index contributed by atoms with van der Waals surface area (Å²) in [5.74, 6) is -0.173. The van der Waals surface area contributed by atoms with Crippen LogP contribution in [-0.4, -0.2) is 5.91 Å². The molecule has 0 unspecified atom stereocenters. The van der Waals surface area contributed by atoms with Crippen LogP contribution in [0, 0.1) is 11.3 Å². The van der Waals surface area contributed by atoms with E-state index in [0.29, 0.717) is 11.3 Å². The zero-order valence-electron chi connectivity index (χ0n) is 8.82. The summed E-state index contributed by atoms with van der Waals surface area (Å²) in [6, 6.07) is 13.3. The van der Waals surface area contributed by atoms with Crippen molar-refractivity contribution >= 4 is 22.4 Å². The van der Waals surface area contributed by atoms with Crippen molar-refractivity contribution in [3.05, 3.63) is 42.0 Å². The van der Waals surface area contributed by atoms with Gasteiger partial charge in [-0.3, -0.25) is 4.79 Å². The van der Waals surface area contributed by atoms with Crippen LogP contribution in [-0.2, 0) is 4.79 Å². The molecule has 3 nitrogen and oxygen atoms in total. The van der Waals surface area contributed by atoms with Crippen LogP contribution in [0.5, 0.6) is 0 Å². The van der Waals surface area contributed by atoms with E-state index in [1.807, 2.05) is 30.3 Å². The average Bonchev–Trinajstić information content (AvgIpc) is 2.29. The maximum atomic E-state index is 11.1. The Morgan fingerprint density at radius 3 is 2.69 bits per heavy atom. The van der Waals surface area contributed by atoms with Gasteiger partial charge in [-0.1, -0.05) is 30.3 Å². The number of fused-ring (bicyclic) bond motifs is 1. The zero-order chi connectivity index (χ0) is 11.5. The van der Waals surface area contributed by atoms with E-state index < -0.39 is 0 Å². The Labute approximate surface area is 93.3 Å². The van der Waals surface area contributed by atoms with E-state index in [9.17, 15) is 4.79 Å². The lowest BCUT2D eigenvalue weighted by Crippen LogP contribution is -2.07. The number of nitrogens with zero attached hydrogens (tertiary/aromatic N) is 1. The van der Waals surface area contributed by atoms with Gasteiger partial charge in [-0.15, -0.1) is 0 Å². The van der Waals surface area contributed by atoms with Crippen LogP contribution in [0.1, 0.15) is 12.5 Å². The molecule has 0 saturated heterocycles.